The molecule has 4 rings (SSSR count). The van der Waals surface area contributed by atoms with Crippen LogP contribution in [0.4, 0.5) is 0 Å². The maximum atomic E-state index is 1.72. The van der Waals surface area contributed by atoms with Crippen LogP contribution in [0.3, 0.4) is 0 Å². The van der Waals surface area contributed by atoms with E-state index in [2.05, 4.69) is 0 Å². The Hall–Kier alpha value is 0.935. The summed E-state index contributed by atoms with van der Waals surface area (Å²) in [6.45, 7) is 0. The van der Waals surface area contributed by atoms with Crippen molar-refractivity contribution in [2.75, 3.05) is 0 Å². The molecule has 0 aromatic heterocycles. The molecule has 80 valence electrons. The van der Waals surface area contributed by atoms with Gasteiger partial charge in [0.05, 0.1) is 0 Å². The van der Waals surface area contributed by atoms with E-state index in [9.17, 15) is 0 Å². The fourth-order valence-corrected chi connectivity index (χ4v) is 22.3. The third-order valence-electron chi connectivity index (χ3n) is 6.53. The number of hydrogen-bond donors (Lipinski definition) is 0. The molecule has 0 spiro atoms. The van der Waals surface area contributed by atoms with Crippen molar-refractivity contribution >= 4 is 0 Å². The van der Waals surface area contributed by atoms with Crippen molar-refractivity contribution in [3.8, 4) is 0 Å². The Kier molecular flexibility index (Phi) is 2.14. The summed E-state index contributed by atoms with van der Waals surface area (Å²) < 4.78 is 2.17. The van der Waals surface area contributed by atoms with E-state index in [0.29, 0.717) is 0 Å². The molecule has 0 aromatic rings. The van der Waals surface area contributed by atoms with Crippen LogP contribution in [0.15, 0.2) is 0 Å². The third-order valence-corrected chi connectivity index (χ3v) is 20.1. The monoisotopic (exact) mass is 392 g/mol. The summed E-state index contributed by atoms with van der Waals surface area (Å²) in [5, 5.41) is 0. The zero-order valence-electron chi connectivity index (χ0n) is 9.93. The van der Waals surface area contributed by atoms with E-state index >= 15 is 0 Å². The van der Waals surface area contributed by atoms with Gasteiger partial charge in [-0.15, -0.1) is 0 Å². The molecule has 15 heavy (non-hydrogen) atoms. The van der Waals surface area contributed by atoms with E-state index in [1.807, 2.05) is 0 Å². The van der Waals surface area contributed by atoms with Crippen LogP contribution >= 0.6 is 0 Å². The first-order valence-electron chi connectivity index (χ1n) is 7.28. The predicted octanol–water partition coefficient (Wildman–Crippen LogP) is 4.57. The first kappa shape index (κ1) is 9.91. The Morgan fingerprint density at radius 2 is 1.07 bits per heavy atom. The summed E-state index contributed by atoms with van der Waals surface area (Å²) in [5.74, 6) is 2.42. The van der Waals surface area contributed by atoms with Crippen molar-refractivity contribution in [1.29, 1.82) is 0 Å². The molecule has 4 fully saturated rings. The Balaban J connectivity index is 1.55. The van der Waals surface area contributed by atoms with Gasteiger partial charge in [0.25, 0.3) is 0 Å². The second-order valence-corrected chi connectivity index (χ2v) is 20.5. The van der Waals surface area contributed by atoms with Gasteiger partial charge in [0.2, 0.25) is 0 Å². The van der Waals surface area contributed by atoms with Crippen molar-refractivity contribution in [2.45, 2.75) is 70.1 Å². The van der Waals surface area contributed by atoms with E-state index in [1.165, 1.54) is 11.8 Å². The summed E-state index contributed by atoms with van der Waals surface area (Å²) >= 11 is -0.613. The summed E-state index contributed by atoms with van der Waals surface area (Å²) in [6.07, 6.45) is 16.8. The minimum absolute atomic E-state index is 0.613. The molecule has 0 aliphatic heterocycles. The molecule has 0 unspecified atom stereocenters. The summed E-state index contributed by atoms with van der Waals surface area (Å²) in [5.41, 5.74) is 0. The molecule has 0 radical (unpaired) electrons. The molecule has 0 nitrogen and oxygen atoms in total. The Labute approximate surface area is 106 Å². The van der Waals surface area contributed by atoms with Gasteiger partial charge >= 0.3 is 106 Å². The summed E-state index contributed by atoms with van der Waals surface area (Å²) in [4.78, 5) is 0. The molecule has 1 heteroatoms. The molecular weight excluding hydrogens is 369 g/mol. The minimum atomic E-state index is -0.613. The fraction of sp³-hybridized carbons (Fsp3) is 1.00. The van der Waals surface area contributed by atoms with Crippen molar-refractivity contribution in [3.05, 3.63) is 0 Å². The van der Waals surface area contributed by atoms with Gasteiger partial charge in [-0.05, 0) is 0 Å². The first-order valence-corrected chi connectivity index (χ1v) is 12.8. The van der Waals surface area contributed by atoms with Crippen LogP contribution in [0.5, 0.6) is 0 Å². The summed E-state index contributed by atoms with van der Waals surface area (Å²) in [6, 6.07) is 0. The molecule has 0 heterocycles. The second-order valence-electron chi connectivity index (χ2n) is 7.47. The molecule has 0 atom stereocenters. The van der Waals surface area contributed by atoms with Crippen molar-refractivity contribution < 1.29 is 24.6 Å². The van der Waals surface area contributed by atoms with Crippen LogP contribution in [0.2, 0.25) is 5.85 Å². The van der Waals surface area contributed by atoms with Crippen molar-refractivity contribution in [2.24, 2.45) is 11.8 Å². The molecule has 0 amide bonds. The van der Waals surface area contributed by atoms with Gasteiger partial charge in [0.15, 0.2) is 0 Å². The van der Waals surface area contributed by atoms with E-state index in [1.54, 1.807) is 64.2 Å². The predicted molar refractivity (Wildman–Crippen MR) is 58.5 cm³/mol. The SMILES string of the molecule is C1C[C]2([Hg][C]34CCC(CC3)C4)CCC1C2. The van der Waals surface area contributed by atoms with Gasteiger partial charge in [-0.25, -0.2) is 0 Å². The van der Waals surface area contributed by atoms with Crippen molar-refractivity contribution in [1.82, 2.24) is 0 Å². The first-order chi connectivity index (χ1) is 7.28. The molecule has 0 N–H and O–H groups in total. The maximum absolute atomic E-state index is 1.72. The molecule has 0 aromatic carbocycles. The van der Waals surface area contributed by atoms with Gasteiger partial charge in [0.1, 0.15) is 0 Å². The quantitative estimate of drug-likeness (QED) is 0.606. The Bertz CT molecular complexity index is 239. The number of fused-ring (bicyclic) bond motifs is 4. The van der Waals surface area contributed by atoms with Crippen LogP contribution in [0, 0.1) is 11.8 Å². The Morgan fingerprint density at radius 3 is 1.33 bits per heavy atom. The van der Waals surface area contributed by atoms with Gasteiger partial charge in [-0.1, -0.05) is 0 Å². The second kappa shape index (κ2) is 3.24. The van der Waals surface area contributed by atoms with Crippen LogP contribution in [0.1, 0.15) is 64.2 Å². The van der Waals surface area contributed by atoms with Gasteiger partial charge in [0, 0.05) is 0 Å². The standard InChI is InChI=1S/2C7H11.Hg/c2*1-2-7-4-3-6(1)5-7;/h2*6H,1-5H2;. The third kappa shape index (κ3) is 1.49. The molecule has 0 saturated heterocycles. The normalized spacial score (nSPS) is 56.3. The van der Waals surface area contributed by atoms with Crippen LogP contribution in [0.25, 0.3) is 0 Å². The molecule has 4 saturated carbocycles. The van der Waals surface area contributed by atoms with E-state index < -0.39 is 24.6 Å². The fourth-order valence-electron chi connectivity index (χ4n) is 5.91. The van der Waals surface area contributed by atoms with Crippen LogP contribution < -0.4 is 0 Å². The zero-order chi connectivity index (χ0) is 9.93. The van der Waals surface area contributed by atoms with Gasteiger partial charge in [-0.2, -0.15) is 0 Å². The topological polar surface area (TPSA) is 0 Å². The number of hydrogen-bond acceptors (Lipinski definition) is 0. The molecular formula is C14H22Hg. The average molecular weight is 391 g/mol. The number of rotatable bonds is 2. The average Bonchev–Trinajstić information content (AvgIpc) is 2.95. The summed E-state index contributed by atoms with van der Waals surface area (Å²) in [7, 11) is 0. The van der Waals surface area contributed by atoms with Gasteiger partial charge in [-0.3, -0.25) is 0 Å². The van der Waals surface area contributed by atoms with Crippen molar-refractivity contribution in [3.63, 3.8) is 0 Å². The van der Waals surface area contributed by atoms with Gasteiger partial charge < -0.3 is 0 Å². The molecule has 4 aliphatic rings. The Morgan fingerprint density at radius 1 is 0.667 bits per heavy atom. The van der Waals surface area contributed by atoms with E-state index in [0.717, 1.165) is 5.85 Å². The molecule has 4 aliphatic carbocycles. The van der Waals surface area contributed by atoms with E-state index in [4.69, 9.17) is 0 Å². The zero-order valence-corrected chi connectivity index (χ0v) is 15.4. The van der Waals surface area contributed by atoms with Crippen LogP contribution in [-0.4, -0.2) is 0 Å². The van der Waals surface area contributed by atoms with E-state index in [-0.39, 0.29) is 0 Å². The van der Waals surface area contributed by atoms with Crippen LogP contribution in [-0.2, 0) is 24.6 Å². The molecule has 4 bridgehead atoms.